The Kier molecular flexibility index (Phi) is 6.22. The van der Waals surface area contributed by atoms with Gasteiger partial charge in [-0.2, -0.15) is 0 Å². The second kappa shape index (κ2) is 8.61. The largest absolute Gasteiger partial charge is 0.338 e. The van der Waals surface area contributed by atoms with Gasteiger partial charge in [0, 0.05) is 37.7 Å². The summed E-state index contributed by atoms with van der Waals surface area (Å²) >= 11 is 0. The number of halogens is 2. The molecule has 3 rings (SSSR count). The SMILES string of the molecule is CC(=O)N1CCC[C@H](NCc2ccc(F)cc2F)[C@@H]1Cc1cccc(C)c1. The fourth-order valence-corrected chi connectivity index (χ4v) is 3.93. The van der Waals surface area contributed by atoms with Crippen molar-refractivity contribution in [2.45, 2.75) is 51.7 Å². The van der Waals surface area contributed by atoms with Crippen molar-refractivity contribution >= 4 is 5.91 Å². The van der Waals surface area contributed by atoms with Crippen LogP contribution in [-0.4, -0.2) is 29.4 Å². The third-order valence-corrected chi connectivity index (χ3v) is 5.28. The molecule has 2 aromatic rings. The number of nitrogens with one attached hydrogen (secondary N) is 1. The maximum absolute atomic E-state index is 14.0. The highest BCUT2D eigenvalue weighted by Gasteiger charge is 2.32. The standard InChI is InChI=1S/C22H26F2N2O/c1-15-5-3-6-17(11-15)12-22-21(7-4-10-26(22)16(2)27)25-14-18-8-9-19(23)13-20(18)24/h3,5-6,8-9,11,13,21-22,25H,4,7,10,12,14H2,1-2H3/t21-,22-/m0/s1. The van der Waals surface area contributed by atoms with Gasteiger partial charge < -0.3 is 10.2 Å². The van der Waals surface area contributed by atoms with E-state index >= 15 is 0 Å². The number of nitrogens with zero attached hydrogens (tertiary/aromatic N) is 1. The number of likely N-dealkylation sites (tertiary alicyclic amines) is 1. The number of amides is 1. The number of hydrogen-bond acceptors (Lipinski definition) is 2. The predicted molar refractivity (Wildman–Crippen MR) is 102 cm³/mol. The summed E-state index contributed by atoms with van der Waals surface area (Å²) in [5.74, 6) is -1.06. The topological polar surface area (TPSA) is 32.3 Å². The Hall–Kier alpha value is -2.27. The van der Waals surface area contributed by atoms with E-state index in [9.17, 15) is 13.6 Å². The third-order valence-electron chi connectivity index (χ3n) is 5.28. The minimum absolute atomic E-state index is 0.0153. The molecule has 0 spiro atoms. The highest BCUT2D eigenvalue weighted by atomic mass is 19.1. The number of carbonyl (C=O) groups is 1. The zero-order valence-electron chi connectivity index (χ0n) is 15.8. The number of carbonyl (C=O) groups excluding carboxylic acids is 1. The molecule has 2 aromatic carbocycles. The molecular formula is C22H26F2N2O. The first-order chi connectivity index (χ1) is 12.9. The van der Waals surface area contributed by atoms with Crippen molar-refractivity contribution in [1.82, 2.24) is 10.2 Å². The Bertz CT molecular complexity index is 809. The van der Waals surface area contributed by atoms with Crippen LogP contribution in [0, 0.1) is 18.6 Å². The molecule has 0 saturated carbocycles. The zero-order chi connectivity index (χ0) is 19.4. The van der Waals surface area contributed by atoms with Crippen molar-refractivity contribution in [3.8, 4) is 0 Å². The minimum Gasteiger partial charge on any atom is -0.338 e. The van der Waals surface area contributed by atoms with Gasteiger partial charge in [0.25, 0.3) is 0 Å². The molecule has 0 aliphatic carbocycles. The second-order valence-corrected chi connectivity index (χ2v) is 7.34. The summed E-state index contributed by atoms with van der Waals surface area (Å²) in [5.41, 5.74) is 2.81. The summed E-state index contributed by atoms with van der Waals surface area (Å²) < 4.78 is 27.1. The molecule has 0 aromatic heterocycles. The summed E-state index contributed by atoms with van der Waals surface area (Å²) in [4.78, 5) is 14.1. The van der Waals surface area contributed by atoms with E-state index in [1.54, 1.807) is 6.92 Å². The van der Waals surface area contributed by atoms with E-state index in [0.717, 1.165) is 31.9 Å². The number of rotatable bonds is 5. The highest BCUT2D eigenvalue weighted by Crippen LogP contribution is 2.23. The Labute approximate surface area is 159 Å². The number of piperidine rings is 1. The van der Waals surface area contributed by atoms with Crippen LogP contribution in [0.3, 0.4) is 0 Å². The van der Waals surface area contributed by atoms with E-state index in [2.05, 4.69) is 30.4 Å². The van der Waals surface area contributed by atoms with Gasteiger partial charge in [-0.05, 0) is 37.8 Å². The minimum atomic E-state index is -0.575. The molecule has 27 heavy (non-hydrogen) atoms. The van der Waals surface area contributed by atoms with Crippen molar-refractivity contribution < 1.29 is 13.6 Å². The molecule has 1 heterocycles. The molecule has 3 nitrogen and oxygen atoms in total. The molecule has 1 saturated heterocycles. The van der Waals surface area contributed by atoms with Gasteiger partial charge in [-0.3, -0.25) is 4.79 Å². The lowest BCUT2D eigenvalue weighted by Gasteiger charge is -2.41. The first kappa shape index (κ1) is 19.5. The van der Waals surface area contributed by atoms with Gasteiger partial charge in [0.15, 0.2) is 0 Å². The number of aryl methyl sites for hydroxylation is 1. The van der Waals surface area contributed by atoms with Crippen LogP contribution in [0.1, 0.15) is 36.5 Å². The maximum Gasteiger partial charge on any atom is 0.219 e. The van der Waals surface area contributed by atoms with Crippen molar-refractivity contribution in [3.63, 3.8) is 0 Å². The molecule has 1 fully saturated rings. The van der Waals surface area contributed by atoms with Gasteiger partial charge in [-0.1, -0.05) is 35.9 Å². The van der Waals surface area contributed by atoms with Crippen LogP contribution >= 0.6 is 0 Å². The molecule has 5 heteroatoms. The van der Waals surface area contributed by atoms with Crippen LogP contribution in [0.25, 0.3) is 0 Å². The summed E-state index contributed by atoms with van der Waals surface area (Å²) in [6.45, 7) is 4.72. The van der Waals surface area contributed by atoms with Crippen molar-refractivity contribution in [1.29, 1.82) is 0 Å². The molecule has 1 amide bonds. The van der Waals surface area contributed by atoms with Crippen LogP contribution < -0.4 is 5.32 Å². The van der Waals surface area contributed by atoms with Crippen molar-refractivity contribution in [2.24, 2.45) is 0 Å². The Balaban J connectivity index is 1.76. The number of hydrogen-bond donors (Lipinski definition) is 1. The molecule has 1 aliphatic heterocycles. The zero-order valence-corrected chi connectivity index (χ0v) is 15.8. The lowest BCUT2D eigenvalue weighted by molar-refractivity contribution is -0.133. The summed E-state index contributed by atoms with van der Waals surface area (Å²) in [6, 6.07) is 12.0. The normalized spacial score (nSPS) is 19.9. The molecule has 1 N–H and O–H groups in total. The summed E-state index contributed by atoms with van der Waals surface area (Å²) in [7, 11) is 0. The fraction of sp³-hybridized carbons (Fsp3) is 0.409. The van der Waals surface area contributed by atoms with Crippen LogP contribution in [-0.2, 0) is 17.8 Å². The van der Waals surface area contributed by atoms with E-state index in [1.165, 1.54) is 23.3 Å². The van der Waals surface area contributed by atoms with Crippen LogP contribution in [0.2, 0.25) is 0 Å². The van der Waals surface area contributed by atoms with Gasteiger partial charge in [-0.25, -0.2) is 8.78 Å². The van der Waals surface area contributed by atoms with Crippen LogP contribution in [0.4, 0.5) is 8.78 Å². The average molecular weight is 372 g/mol. The van der Waals surface area contributed by atoms with E-state index < -0.39 is 11.6 Å². The third kappa shape index (κ3) is 4.92. The first-order valence-corrected chi connectivity index (χ1v) is 9.44. The van der Waals surface area contributed by atoms with E-state index in [-0.39, 0.29) is 18.0 Å². The van der Waals surface area contributed by atoms with Crippen molar-refractivity contribution in [2.75, 3.05) is 6.54 Å². The fourth-order valence-electron chi connectivity index (χ4n) is 3.93. The second-order valence-electron chi connectivity index (χ2n) is 7.34. The highest BCUT2D eigenvalue weighted by molar-refractivity contribution is 5.73. The van der Waals surface area contributed by atoms with Gasteiger partial charge in [0.2, 0.25) is 5.91 Å². The summed E-state index contributed by atoms with van der Waals surface area (Å²) in [5, 5.41) is 3.41. The molecule has 1 aliphatic rings. The molecular weight excluding hydrogens is 346 g/mol. The molecule has 144 valence electrons. The van der Waals surface area contributed by atoms with Gasteiger partial charge in [0.1, 0.15) is 11.6 Å². The quantitative estimate of drug-likeness (QED) is 0.861. The van der Waals surface area contributed by atoms with Crippen molar-refractivity contribution in [3.05, 3.63) is 70.8 Å². The molecule has 0 bridgehead atoms. The lowest BCUT2D eigenvalue weighted by atomic mass is 9.90. The Morgan fingerprint density at radius 2 is 2.04 bits per heavy atom. The lowest BCUT2D eigenvalue weighted by Crippen LogP contribution is -2.56. The van der Waals surface area contributed by atoms with Gasteiger partial charge in [0.05, 0.1) is 6.04 Å². The summed E-state index contributed by atoms with van der Waals surface area (Å²) in [6.07, 6.45) is 2.58. The first-order valence-electron chi connectivity index (χ1n) is 9.44. The van der Waals surface area contributed by atoms with Crippen LogP contribution in [0.5, 0.6) is 0 Å². The maximum atomic E-state index is 14.0. The van der Waals surface area contributed by atoms with E-state index in [0.29, 0.717) is 12.1 Å². The molecule has 0 unspecified atom stereocenters. The number of benzene rings is 2. The molecule has 0 radical (unpaired) electrons. The monoisotopic (exact) mass is 372 g/mol. The average Bonchev–Trinajstić information content (AvgIpc) is 2.61. The van der Waals surface area contributed by atoms with Gasteiger partial charge in [-0.15, -0.1) is 0 Å². The Morgan fingerprint density at radius 1 is 1.22 bits per heavy atom. The van der Waals surface area contributed by atoms with E-state index in [1.807, 2.05) is 11.0 Å². The van der Waals surface area contributed by atoms with Crippen LogP contribution in [0.15, 0.2) is 42.5 Å². The Morgan fingerprint density at radius 3 is 2.74 bits per heavy atom. The van der Waals surface area contributed by atoms with E-state index in [4.69, 9.17) is 0 Å². The molecule has 2 atom stereocenters. The van der Waals surface area contributed by atoms with Gasteiger partial charge >= 0.3 is 0 Å². The smallest absolute Gasteiger partial charge is 0.219 e. The predicted octanol–water partition coefficient (Wildman–Crippen LogP) is 3.99.